The van der Waals surface area contributed by atoms with Crippen LogP contribution >= 0.6 is 0 Å². The van der Waals surface area contributed by atoms with E-state index < -0.39 is 12.1 Å². The van der Waals surface area contributed by atoms with Crippen molar-refractivity contribution in [3.8, 4) is 0 Å². The molecule has 0 aliphatic carbocycles. The van der Waals surface area contributed by atoms with Gasteiger partial charge in [-0.2, -0.15) is 13.2 Å². The molecule has 1 aliphatic rings. The molecule has 0 aromatic carbocycles. The molecule has 0 bridgehead atoms. The number of hydrogen-bond acceptors (Lipinski definition) is 6. The fraction of sp³-hybridized carbons (Fsp3) is 0.556. The minimum atomic E-state index is -5.08. The molecule has 30 heavy (non-hydrogen) atoms. The smallest absolute Gasteiger partial charge is 0.475 e. The predicted molar refractivity (Wildman–Crippen MR) is 101 cm³/mol. The average Bonchev–Trinajstić information content (AvgIpc) is 2.83. The number of anilines is 1. The van der Waals surface area contributed by atoms with Gasteiger partial charge in [-0.1, -0.05) is 6.07 Å². The molecular formula is C18H25F3N4O5. The van der Waals surface area contributed by atoms with Crippen LogP contribution in [0.4, 0.5) is 19.0 Å². The standard InChI is InChI=1S/C16H24N4O3.C2HF3O2/c1-12-4-5-14-11-20(15(22)10-17-13(2)21)7-6-19(8-9-23-3)16(14)18-12;3-2(4,5)1(6)7/h4-5H,6-11H2,1-3H3,(H,17,21);(H,6,7). The third-order valence-corrected chi connectivity index (χ3v) is 4.04. The van der Waals surface area contributed by atoms with Gasteiger partial charge in [-0.05, 0) is 13.0 Å². The minimum absolute atomic E-state index is 0.0298. The number of aromatic nitrogens is 1. The highest BCUT2D eigenvalue weighted by atomic mass is 19.4. The highest BCUT2D eigenvalue weighted by Gasteiger charge is 2.38. The van der Waals surface area contributed by atoms with Gasteiger partial charge in [0.2, 0.25) is 11.8 Å². The lowest BCUT2D eigenvalue weighted by atomic mass is 10.2. The molecule has 2 heterocycles. The Morgan fingerprint density at radius 1 is 1.27 bits per heavy atom. The monoisotopic (exact) mass is 434 g/mol. The Morgan fingerprint density at radius 3 is 2.43 bits per heavy atom. The highest BCUT2D eigenvalue weighted by molar-refractivity contribution is 5.84. The van der Waals surface area contributed by atoms with E-state index in [0.29, 0.717) is 26.2 Å². The van der Waals surface area contributed by atoms with Crippen molar-refractivity contribution < 1.29 is 37.4 Å². The molecule has 0 saturated carbocycles. The third kappa shape index (κ3) is 8.23. The first-order valence-corrected chi connectivity index (χ1v) is 8.98. The molecule has 0 saturated heterocycles. The fourth-order valence-electron chi connectivity index (χ4n) is 2.55. The van der Waals surface area contributed by atoms with E-state index in [9.17, 15) is 22.8 Å². The molecule has 0 spiro atoms. The van der Waals surface area contributed by atoms with Crippen LogP contribution in [-0.4, -0.2) is 78.8 Å². The summed E-state index contributed by atoms with van der Waals surface area (Å²) < 4.78 is 36.9. The summed E-state index contributed by atoms with van der Waals surface area (Å²) in [4.78, 5) is 40.7. The molecule has 2 amide bonds. The summed E-state index contributed by atoms with van der Waals surface area (Å²) in [5, 5.41) is 9.69. The lowest BCUT2D eigenvalue weighted by molar-refractivity contribution is -0.192. The Labute approximate surface area is 171 Å². The Balaban J connectivity index is 0.000000553. The number of rotatable bonds is 5. The number of methoxy groups -OCH3 is 1. The van der Waals surface area contributed by atoms with Gasteiger partial charge in [0, 0.05) is 51.5 Å². The molecule has 2 N–H and O–H groups in total. The number of pyridine rings is 1. The summed E-state index contributed by atoms with van der Waals surface area (Å²) in [6.07, 6.45) is -5.08. The van der Waals surface area contributed by atoms with Gasteiger partial charge in [-0.3, -0.25) is 9.59 Å². The van der Waals surface area contributed by atoms with Crippen LogP contribution in [-0.2, 0) is 25.7 Å². The molecule has 0 fully saturated rings. The van der Waals surface area contributed by atoms with Crippen LogP contribution in [0.25, 0.3) is 0 Å². The van der Waals surface area contributed by atoms with Gasteiger partial charge in [0.05, 0.1) is 13.2 Å². The number of nitrogens with one attached hydrogen (secondary N) is 1. The van der Waals surface area contributed by atoms with Crippen molar-refractivity contribution in [3.63, 3.8) is 0 Å². The van der Waals surface area contributed by atoms with E-state index in [2.05, 4.69) is 15.2 Å². The molecule has 9 nitrogen and oxygen atoms in total. The van der Waals surface area contributed by atoms with Crippen LogP contribution in [0.2, 0.25) is 0 Å². The maximum Gasteiger partial charge on any atom is 0.490 e. The zero-order chi connectivity index (χ0) is 22.9. The Bertz CT molecular complexity index is 758. The first-order valence-electron chi connectivity index (χ1n) is 8.98. The fourth-order valence-corrected chi connectivity index (χ4v) is 2.55. The van der Waals surface area contributed by atoms with Crippen LogP contribution in [0.5, 0.6) is 0 Å². The van der Waals surface area contributed by atoms with Crippen molar-refractivity contribution in [2.45, 2.75) is 26.6 Å². The molecule has 2 rings (SSSR count). The number of ether oxygens (including phenoxy) is 1. The van der Waals surface area contributed by atoms with Crippen LogP contribution in [0, 0.1) is 6.92 Å². The van der Waals surface area contributed by atoms with Gasteiger partial charge < -0.3 is 25.0 Å². The Hall–Kier alpha value is -2.89. The second-order valence-corrected chi connectivity index (χ2v) is 6.44. The number of nitrogens with zero attached hydrogens (tertiary/aromatic N) is 3. The third-order valence-electron chi connectivity index (χ3n) is 4.04. The van der Waals surface area contributed by atoms with E-state index in [1.165, 1.54) is 6.92 Å². The largest absolute Gasteiger partial charge is 0.490 e. The van der Waals surface area contributed by atoms with Gasteiger partial charge in [0.15, 0.2) is 0 Å². The zero-order valence-corrected chi connectivity index (χ0v) is 17.0. The number of fused-ring (bicyclic) bond motifs is 1. The lowest BCUT2D eigenvalue weighted by Gasteiger charge is -2.23. The number of carboxylic acids is 1. The molecule has 168 valence electrons. The van der Waals surface area contributed by atoms with Crippen LogP contribution < -0.4 is 10.2 Å². The molecular weight excluding hydrogens is 409 g/mol. The lowest BCUT2D eigenvalue weighted by Crippen LogP contribution is -2.41. The molecule has 0 radical (unpaired) electrons. The minimum Gasteiger partial charge on any atom is -0.475 e. The predicted octanol–water partition coefficient (Wildman–Crippen LogP) is 0.954. The summed E-state index contributed by atoms with van der Waals surface area (Å²) in [5.41, 5.74) is 1.96. The molecule has 1 aliphatic heterocycles. The van der Waals surface area contributed by atoms with E-state index in [4.69, 9.17) is 14.6 Å². The zero-order valence-electron chi connectivity index (χ0n) is 17.0. The van der Waals surface area contributed by atoms with Gasteiger partial charge in [0.25, 0.3) is 0 Å². The Morgan fingerprint density at radius 2 is 1.90 bits per heavy atom. The van der Waals surface area contributed by atoms with Gasteiger partial charge in [0.1, 0.15) is 5.82 Å². The van der Waals surface area contributed by atoms with E-state index in [0.717, 1.165) is 23.6 Å². The van der Waals surface area contributed by atoms with Crippen molar-refractivity contribution in [2.24, 2.45) is 0 Å². The summed E-state index contributed by atoms with van der Waals surface area (Å²) in [5.74, 6) is -2.13. The van der Waals surface area contributed by atoms with Crippen molar-refractivity contribution in [1.82, 2.24) is 15.2 Å². The maximum atomic E-state index is 12.3. The van der Waals surface area contributed by atoms with Crippen LogP contribution in [0.15, 0.2) is 12.1 Å². The first kappa shape index (κ1) is 25.1. The number of aliphatic carboxylic acids is 1. The summed E-state index contributed by atoms with van der Waals surface area (Å²) in [6, 6.07) is 3.97. The van der Waals surface area contributed by atoms with Gasteiger partial charge in [-0.25, -0.2) is 9.78 Å². The van der Waals surface area contributed by atoms with E-state index >= 15 is 0 Å². The van der Waals surface area contributed by atoms with Crippen LogP contribution in [0.3, 0.4) is 0 Å². The second-order valence-electron chi connectivity index (χ2n) is 6.44. The quantitative estimate of drug-likeness (QED) is 0.710. The summed E-state index contributed by atoms with van der Waals surface area (Å²) in [7, 11) is 1.67. The maximum absolute atomic E-state index is 12.3. The van der Waals surface area contributed by atoms with Gasteiger partial charge in [-0.15, -0.1) is 0 Å². The van der Waals surface area contributed by atoms with Crippen LogP contribution in [0.1, 0.15) is 18.2 Å². The average molecular weight is 434 g/mol. The number of alkyl halides is 3. The molecule has 0 atom stereocenters. The number of aryl methyl sites for hydroxylation is 1. The number of carbonyl (C=O) groups is 3. The van der Waals surface area contributed by atoms with Crippen molar-refractivity contribution in [2.75, 3.05) is 44.8 Å². The summed E-state index contributed by atoms with van der Waals surface area (Å²) >= 11 is 0. The number of halogens is 3. The molecule has 0 unspecified atom stereocenters. The number of hydrogen-bond donors (Lipinski definition) is 2. The SMILES string of the molecule is COCCN1CCN(C(=O)CNC(C)=O)Cc2ccc(C)nc21.O=C(O)C(F)(F)F. The first-order chi connectivity index (χ1) is 14.0. The van der Waals surface area contributed by atoms with Crippen molar-refractivity contribution in [1.29, 1.82) is 0 Å². The topological polar surface area (TPSA) is 112 Å². The highest BCUT2D eigenvalue weighted by Crippen LogP contribution is 2.23. The molecule has 1 aromatic heterocycles. The van der Waals surface area contributed by atoms with Gasteiger partial charge >= 0.3 is 12.1 Å². The summed E-state index contributed by atoms with van der Waals surface area (Å²) in [6.45, 7) is 6.52. The van der Waals surface area contributed by atoms with E-state index in [1.54, 1.807) is 12.0 Å². The number of amides is 2. The molecule has 1 aromatic rings. The van der Waals surface area contributed by atoms with E-state index in [1.807, 2.05) is 19.1 Å². The number of carboxylic acid groups (broad SMARTS) is 1. The molecule has 12 heteroatoms. The van der Waals surface area contributed by atoms with Crippen molar-refractivity contribution >= 4 is 23.6 Å². The normalized spacial score (nSPS) is 13.5. The Kier molecular flexibility index (Phi) is 9.50. The number of carbonyl (C=O) groups excluding carboxylic acids is 2. The second kappa shape index (κ2) is 11.3. The van der Waals surface area contributed by atoms with E-state index in [-0.39, 0.29) is 18.4 Å². The van der Waals surface area contributed by atoms with Crippen molar-refractivity contribution in [3.05, 3.63) is 23.4 Å².